The summed E-state index contributed by atoms with van der Waals surface area (Å²) in [7, 11) is 0. The molecular weight excluding hydrogens is 271 g/mol. The predicted molar refractivity (Wildman–Crippen MR) is 68.3 cm³/mol. The molecule has 0 bridgehead atoms. The average molecular weight is 289 g/mol. The first-order valence-electron chi connectivity index (χ1n) is 6.60. The molecule has 0 aliphatic carbocycles. The first-order chi connectivity index (χ1) is 9.42. The summed E-state index contributed by atoms with van der Waals surface area (Å²) in [5.41, 5.74) is 6.97. The van der Waals surface area contributed by atoms with Gasteiger partial charge in [-0.2, -0.15) is 0 Å². The Kier molecular flexibility index (Phi) is 4.88. The molecule has 20 heavy (non-hydrogen) atoms. The summed E-state index contributed by atoms with van der Waals surface area (Å²) < 4.78 is 45.2. The average Bonchev–Trinajstić information content (AvgIpc) is 2.82. The zero-order chi connectivity index (χ0) is 14.6. The standard InChI is InChI=1S/C14H18F3NO2/c15-14(16,17)20-13-3-1-10(2-4-13)7-12(18)8-11-5-6-19-9-11/h1-4,11-12H,5-9,18H2. The van der Waals surface area contributed by atoms with E-state index in [0.29, 0.717) is 12.3 Å². The van der Waals surface area contributed by atoms with E-state index < -0.39 is 6.36 Å². The second kappa shape index (κ2) is 6.45. The second-order valence-corrected chi connectivity index (χ2v) is 5.12. The third-order valence-electron chi connectivity index (χ3n) is 3.31. The third-order valence-corrected chi connectivity index (χ3v) is 3.31. The molecule has 2 atom stereocenters. The zero-order valence-corrected chi connectivity index (χ0v) is 11.0. The monoisotopic (exact) mass is 289 g/mol. The zero-order valence-electron chi connectivity index (χ0n) is 11.0. The van der Waals surface area contributed by atoms with Crippen LogP contribution in [0.4, 0.5) is 13.2 Å². The number of alkyl halides is 3. The highest BCUT2D eigenvalue weighted by molar-refractivity contribution is 5.27. The first-order valence-corrected chi connectivity index (χ1v) is 6.60. The Morgan fingerprint density at radius 2 is 2.00 bits per heavy atom. The molecule has 0 aromatic heterocycles. The fourth-order valence-electron chi connectivity index (χ4n) is 2.41. The van der Waals surface area contributed by atoms with E-state index in [-0.39, 0.29) is 11.8 Å². The molecule has 1 aliphatic rings. The molecule has 3 nitrogen and oxygen atoms in total. The molecule has 112 valence electrons. The van der Waals surface area contributed by atoms with Crippen molar-refractivity contribution >= 4 is 0 Å². The van der Waals surface area contributed by atoms with E-state index in [9.17, 15) is 13.2 Å². The highest BCUT2D eigenvalue weighted by Gasteiger charge is 2.31. The summed E-state index contributed by atoms with van der Waals surface area (Å²) in [4.78, 5) is 0. The maximum atomic E-state index is 12.0. The first kappa shape index (κ1) is 15.1. The van der Waals surface area contributed by atoms with Crippen molar-refractivity contribution < 1.29 is 22.6 Å². The molecule has 1 heterocycles. The van der Waals surface area contributed by atoms with Gasteiger partial charge in [-0.25, -0.2) is 0 Å². The van der Waals surface area contributed by atoms with Crippen molar-refractivity contribution in [3.8, 4) is 5.75 Å². The molecule has 2 unspecified atom stereocenters. The Balaban J connectivity index is 1.83. The van der Waals surface area contributed by atoms with Gasteiger partial charge < -0.3 is 15.2 Å². The summed E-state index contributed by atoms with van der Waals surface area (Å²) in [6.45, 7) is 1.55. The van der Waals surface area contributed by atoms with Gasteiger partial charge in [0, 0.05) is 19.3 Å². The van der Waals surface area contributed by atoms with Gasteiger partial charge in [0.2, 0.25) is 0 Å². The highest BCUT2D eigenvalue weighted by atomic mass is 19.4. The number of rotatable bonds is 5. The summed E-state index contributed by atoms with van der Waals surface area (Å²) >= 11 is 0. The molecule has 2 rings (SSSR count). The summed E-state index contributed by atoms with van der Waals surface area (Å²) in [6.07, 6.45) is -2.10. The normalized spacial score (nSPS) is 20.9. The molecule has 1 aliphatic heterocycles. The van der Waals surface area contributed by atoms with Crippen LogP contribution >= 0.6 is 0 Å². The predicted octanol–water partition coefficient (Wildman–Crippen LogP) is 2.88. The minimum Gasteiger partial charge on any atom is -0.406 e. The summed E-state index contributed by atoms with van der Waals surface area (Å²) in [5, 5.41) is 0. The van der Waals surface area contributed by atoms with Gasteiger partial charge in [0.25, 0.3) is 0 Å². The van der Waals surface area contributed by atoms with Gasteiger partial charge in [-0.1, -0.05) is 12.1 Å². The quantitative estimate of drug-likeness (QED) is 0.906. The number of benzene rings is 1. The van der Waals surface area contributed by atoms with Crippen LogP contribution in [0.2, 0.25) is 0 Å². The van der Waals surface area contributed by atoms with Gasteiger partial charge in [-0.15, -0.1) is 13.2 Å². The van der Waals surface area contributed by atoms with Crippen LogP contribution in [0.5, 0.6) is 5.75 Å². The van der Waals surface area contributed by atoms with Gasteiger partial charge in [0.1, 0.15) is 5.75 Å². The number of nitrogens with two attached hydrogens (primary N) is 1. The van der Waals surface area contributed by atoms with E-state index in [4.69, 9.17) is 10.5 Å². The van der Waals surface area contributed by atoms with Gasteiger partial charge >= 0.3 is 6.36 Å². The molecule has 1 saturated heterocycles. The van der Waals surface area contributed by atoms with Crippen LogP contribution in [0.3, 0.4) is 0 Å². The minimum atomic E-state index is -4.65. The topological polar surface area (TPSA) is 44.5 Å². The van der Waals surface area contributed by atoms with Crippen molar-refractivity contribution in [2.24, 2.45) is 11.7 Å². The molecule has 0 radical (unpaired) electrons. The Morgan fingerprint density at radius 1 is 1.30 bits per heavy atom. The molecular formula is C14H18F3NO2. The van der Waals surface area contributed by atoms with Crippen LogP contribution in [0.25, 0.3) is 0 Å². The number of hydrogen-bond donors (Lipinski definition) is 1. The lowest BCUT2D eigenvalue weighted by molar-refractivity contribution is -0.274. The lowest BCUT2D eigenvalue weighted by Crippen LogP contribution is -2.26. The van der Waals surface area contributed by atoms with E-state index in [1.807, 2.05) is 0 Å². The fraction of sp³-hybridized carbons (Fsp3) is 0.571. The van der Waals surface area contributed by atoms with E-state index in [1.165, 1.54) is 12.1 Å². The molecule has 2 N–H and O–H groups in total. The summed E-state index contributed by atoms with van der Waals surface area (Å²) in [6, 6.07) is 5.86. The lowest BCUT2D eigenvalue weighted by Gasteiger charge is -2.16. The van der Waals surface area contributed by atoms with E-state index in [1.54, 1.807) is 12.1 Å². The van der Waals surface area contributed by atoms with Crippen LogP contribution in [0.15, 0.2) is 24.3 Å². The SMILES string of the molecule is NC(Cc1ccc(OC(F)(F)F)cc1)CC1CCOC1. The maximum absolute atomic E-state index is 12.0. The van der Waals surface area contributed by atoms with Crippen molar-refractivity contribution in [2.75, 3.05) is 13.2 Å². The van der Waals surface area contributed by atoms with E-state index >= 15 is 0 Å². The van der Waals surface area contributed by atoms with Crippen molar-refractivity contribution in [3.05, 3.63) is 29.8 Å². The van der Waals surface area contributed by atoms with Gasteiger partial charge in [-0.3, -0.25) is 0 Å². The Hall–Kier alpha value is -1.27. The number of halogens is 3. The third kappa shape index (κ3) is 5.02. The highest BCUT2D eigenvalue weighted by Crippen LogP contribution is 2.24. The Bertz CT molecular complexity index is 413. The maximum Gasteiger partial charge on any atom is 0.573 e. The second-order valence-electron chi connectivity index (χ2n) is 5.12. The Labute approximate surface area is 115 Å². The largest absolute Gasteiger partial charge is 0.573 e. The molecule has 1 aromatic rings. The van der Waals surface area contributed by atoms with Gasteiger partial charge in [0.15, 0.2) is 0 Å². The van der Waals surface area contributed by atoms with Crippen LogP contribution in [-0.4, -0.2) is 25.6 Å². The van der Waals surface area contributed by atoms with Crippen molar-refractivity contribution in [1.29, 1.82) is 0 Å². The molecule has 1 fully saturated rings. The molecule has 6 heteroatoms. The number of hydrogen-bond acceptors (Lipinski definition) is 3. The summed E-state index contributed by atoms with van der Waals surface area (Å²) in [5.74, 6) is 0.289. The van der Waals surface area contributed by atoms with Crippen molar-refractivity contribution in [3.63, 3.8) is 0 Å². The number of ether oxygens (including phenoxy) is 2. The van der Waals surface area contributed by atoms with E-state index in [0.717, 1.165) is 31.6 Å². The van der Waals surface area contributed by atoms with Crippen LogP contribution in [0, 0.1) is 5.92 Å². The molecule has 0 amide bonds. The molecule has 0 saturated carbocycles. The van der Waals surface area contributed by atoms with E-state index in [2.05, 4.69) is 4.74 Å². The molecule has 1 aromatic carbocycles. The van der Waals surface area contributed by atoms with Crippen LogP contribution in [-0.2, 0) is 11.2 Å². The van der Waals surface area contributed by atoms with Crippen LogP contribution < -0.4 is 10.5 Å². The van der Waals surface area contributed by atoms with Crippen LogP contribution in [0.1, 0.15) is 18.4 Å². The van der Waals surface area contributed by atoms with Gasteiger partial charge in [0.05, 0.1) is 0 Å². The fourth-order valence-corrected chi connectivity index (χ4v) is 2.41. The minimum absolute atomic E-state index is 0.00363. The van der Waals surface area contributed by atoms with Crippen molar-refractivity contribution in [1.82, 2.24) is 0 Å². The molecule has 0 spiro atoms. The Morgan fingerprint density at radius 3 is 2.55 bits per heavy atom. The van der Waals surface area contributed by atoms with Crippen molar-refractivity contribution in [2.45, 2.75) is 31.7 Å². The van der Waals surface area contributed by atoms with Gasteiger partial charge in [-0.05, 0) is 42.9 Å². The smallest absolute Gasteiger partial charge is 0.406 e. The lowest BCUT2D eigenvalue weighted by atomic mass is 9.95.